The summed E-state index contributed by atoms with van der Waals surface area (Å²) < 4.78 is 15.9. The van der Waals surface area contributed by atoms with Crippen molar-refractivity contribution in [3.05, 3.63) is 59.2 Å². The van der Waals surface area contributed by atoms with E-state index in [1.807, 2.05) is 30.3 Å². The van der Waals surface area contributed by atoms with Crippen LogP contribution in [0.25, 0.3) is 0 Å². The van der Waals surface area contributed by atoms with Crippen LogP contribution < -0.4 is 14.8 Å². The van der Waals surface area contributed by atoms with Crippen molar-refractivity contribution in [2.24, 2.45) is 0 Å². The number of nitrogens with zero attached hydrogens (tertiary/aromatic N) is 1. The van der Waals surface area contributed by atoms with Crippen LogP contribution in [0.5, 0.6) is 11.5 Å². The van der Waals surface area contributed by atoms with Gasteiger partial charge in [-0.05, 0) is 55.5 Å². The minimum Gasteiger partial charge on any atom is -0.493 e. The monoisotopic (exact) mass is 498 g/mol. The maximum atomic E-state index is 13.5. The number of carbonyl (C=O) groups excluding carboxylic acids is 2. The number of ether oxygens (including phenoxy) is 3. The fourth-order valence-electron chi connectivity index (χ4n) is 4.45. The minimum absolute atomic E-state index is 0.103. The molecule has 0 bridgehead atoms. The highest BCUT2D eigenvalue weighted by molar-refractivity contribution is 5.88. The second-order valence-electron chi connectivity index (χ2n) is 8.72. The third-order valence-corrected chi connectivity index (χ3v) is 6.36. The summed E-state index contributed by atoms with van der Waals surface area (Å²) >= 11 is 0. The molecule has 2 aromatic carbocycles. The zero-order chi connectivity index (χ0) is 26.2. The third-order valence-electron chi connectivity index (χ3n) is 6.36. The second-order valence-corrected chi connectivity index (χ2v) is 8.72. The summed E-state index contributed by atoms with van der Waals surface area (Å²) in [5.74, 6) is -0.930. The van der Waals surface area contributed by atoms with E-state index in [0.717, 1.165) is 16.7 Å². The first kappa shape index (κ1) is 27.0. The summed E-state index contributed by atoms with van der Waals surface area (Å²) in [6, 6.07) is 10.7. The first-order valence-corrected chi connectivity index (χ1v) is 12.0. The molecule has 0 fully saturated rings. The molecule has 1 aliphatic rings. The van der Waals surface area contributed by atoms with Crippen LogP contribution >= 0.6 is 0 Å². The van der Waals surface area contributed by atoms with E-state index in [-0.39, 0.29) is 19.6 Å². The molecule has 0 saturated carbocycles. The van der Waals surface area contributed by atoms with E-state index in [0.29, 0.717) is 24.3 Å². The Balaban J connectivity index is 1.79. The highest BCUT2D eigenvalue weighted by Gasteiger charge is 2.38. The van der Waals surface area contributed by atoms with Gasteiger partial charge < -0.3 is 24.2 Å². The van der Waals surface area contributed by atoms with Crippen LogP contribution in [0.3, 0.4) is 0 Å². The topological polar surface area (TPSA) is 114 Å². The third kappa shape index (κ3) is 6.34. The maximum absolute atomic E-state index is 13.5. The number of carboxylic acid groups (broad SMARTS) is 1. The van der Waals surface area contributed by atoms with Crippen molar-refractivity contribution in [2.45, 2.75) is 57.8 Å². The lowest BCUT2D eigenvalue weighted by Gasteiger charge is -2.37. The highest BCUT2D eigenvalue weighted by Crippen LogP contribution is 2.35. The Morgan fingerprint density at radius 3 is 2.31 bits per heavy atom. The standard InChI is InChI=1S/C27H34N2O7/c1-5-36-27(33)21(12-11-18-9-7-6-8-10-18)28-17(2)25(30)29-16-20-15-24(35-4)23(34-3)14-19(20)13-22(29)26(31)32/h6-10,14-15,17,21-22,28H,5,11-13,16H2,1-4H3,(H,31,32)/t17-,21+,22-/m0/s1. The van der Waals surface area contributed by atoms with E-state index >= 15 is 0 Å². The molecule has 9 nitrogen and oxygen atoms in total. The lowest BCUT2D eigenvalue weighted by Crippen LogP contribution is -2.56. The SMILES string of the molecule is CCOC(=O)[C@@H](CCc1ccccc1)N[C@@H](C)C(=O)N1Cc2cc(OC)c(OC)cc2C[C@H]1C(=O)O. The minimum atomic E-state index is -1.10. The lowest BCUT2D eigenvalue weighted by molar-refractivity contribution is -0.153. The summed E-state index contributed by atoms with van der Waals surface area (Å²) in [7, 11) is 3.04. The van der Waals surface area contributed by atoms with Crippen LogP contribution in [0.1, 0.15) is 37.0 Å². The van der Waals surface area contributed by atoms with E-state index < -0.39 is 36.0 Å². The number of aryl methyl sites for hydroxylation is 1. The zero-order valence-electron chi connectivity index (χ0n) is 21.2. The molecule has 0 saturated heterocycles. The average Bonchev–Trinajstić information content (AvgIpc) is 2.89. The number of nitrogens with one attached hydrogen (secondary N) is 1. The van der Waals surface area contributed by atoms with Gasteiger partial charge in [-0.3, -0.25) is 14.9 Å². The molecule has 3 rings (SSSR count). The number of hydrogen-bond donors (Lipinski definition) is 2. The fourth-order valence-corrected chi connectivity index (χ4v) is 4.45. The Morgan fingerprint density at radius 1 is 1.08 bits per heavy atom. The van der Waals surface area contributed by atoms with Crippen LogP contribution in [0.2, 0.25) is 0 Å². The number of hydrogen-bond acceptors (Lipinski definition) is 7. The number of amides is 1. The molecule has 2 aromatic rings. The zero-order valence-corrected chi connectivity index (χ0v) is 21.2. The van der Waals surface area contributed by atoms with Gasteiger partial charge in [0.25, 0.3) is 0 Å². The molecule has 0 radical (unpaired) electrons. The van der Waals surface area contributed by atoms with Gasteiger partial charge in [0, 0.05) is 13.0 Å². The van der Waals surface area contributed by atoms with Gasteiger partial charge in [-0.1, -0.05) is 30.3 Å². The first-order chi connectivity index (χ1) is 17.3. The van der Waals surface area contributed by atoms with Gasteiger partial charge >= 0.3 is 11.9 Å². The maximum Gasteiger partial charge on any atom is 0.326 e. The molecule has 0 aromatic heterocycles. The van der Waals surface area contributed by atoms with Crippen molar-refractivity contribution in [2.75, 3.05) is 20.8 Å². The number of carboxylic acids is 1. The summed E-state index contributed by atoms with van der Waals surface area (Å²) in [5.41, 5.74) is 2.64. The van der Waals surface area contributed by atoms with E-state index in [9.17, 15) is 19.5 Å². The Labute approximate surface area is 211 Å². The highest BCUT2D eigenvalue weighted by atomic mass is 16.5. The van der Waals surface area contributed by atoms with E-state index in [1.165, 1.54) is 19.1 Å². The lowest BCUT2D eigenvalue weighted by atomic mass is 9.92. The molecule has 0 spiro atoms. The average molecular weight is 499 g/mol. The Bertz CT molecular complexity index is 1070. The Hall–Kier alpha value is -3.59. The van der Waals surface area contributed by atoms with Crippen LogP contribution in [0, 0.1) is 0 Å². The molecule has 1 heterocycles. The van der Waals surface area contributed by atoms with Gasteiger partial charge in [-0.25, -0.2) is 4.79 Å². The quantitative estimate of drug-likeness (QED) is 0.455. The molecule has 1 amide bonds. The van der Waals surface area contributed by atoms with Crippen LogP contribution in [-0.2, 0) is 38.5 Å². The molecule has 0 unspecified atom stereocenters. The number of fused-ring (bicyclic) bond motifs is 1. The van der Waals surface area contributed by atoms with Gasteiger partial charge in [0.1, 0.15) is 12.1 Å². The Kier molecular flexibility index (Phi) is 9.30. The summed E-state index contributed by atoms with van der Waals surface area (Å²) in [6.45, 7) is 3.69. The molecule has 9 heteroatoms. The van der Waals surface area contributed by atoms with E-state index in [4.69, 9.17) is 14.2 Å². The summed E-state index contributed by atoms with van der Waals surface area (Å²) in [5, 5.41) is 13.0. The van der Waals surface area contributed by atoms with Gasteiger partial charge in [-0.2, -0.15) is 0 Å². The molecule has 1 aliphatic heterocycles. The van der Waals surface area contributed by atoms with Crippen LogP contribution in [0.4, 0.5) is 0 Å². The summed E-state index contributed by atoms with van der Waals surface area (Å²) in [4.78, 5) is 39.6. The number of benzene rings is 2. The van der Waals surface area contributed by atoms with Crippen molar-refractivity contribution < 1.29 is 33.7 Å². The van der Waals surface area contributed by atoms with Gasteiger partial charge in [0.05, 0.1) is 26.9 Å². The second kappa shape index (κ2) is 12.4. The number of esters is 1. The number of aliphatic carboxylic acids is 1. The van der Waals surface area contributed by atoms with E-state index in [2.05, 4.69) is 5.32 Å². The van der Waals surface area contributed by atoms with Crippen molar-refractivity contribution in [3.63, 3.8) is 0 Å². The Morgan fingerprint density at radius 2 is 1.72 bits per heavy atom. The van der Waals surface area contributed by atoms with Crippen LogP contribution in [0.15, 0.2) is 42.5 Å². The van der Waals surface area contributed by atoms with E-state index in [1.54, 1.807) is 26.0 Å². The van der Waals surface area contributed by atoms with Crippen molar-refractivity contribution in [1.29, 1.82) is 0 Å². The molecule has 3 atom stereocenters. The fraction of sp³-hybridized carbons (Fsp3) is 0.444. The van der Waals surface area contributed by atoms with Crippen molar-refractivity contribution in [1.82, 2.24) is 10.2 Å². The molecular formula is C27H34N2O7. The molecule has 194 valence electrons. The number of methoxy groups -OCH3 is 2. The smallest absolute Gasteiger partial charge is 0.326 e. The van der Waals surface area contributed by atoms with Crippen molar-refractivity contribution in [3.8, 4) is 11.5 Å². The predicted molar refractivity (Wildman–Crippen MR) is 133 cm³/mol. The predicted octanol–water partition coefficient (Wildman–Crippen LogP) is 2.58. The first-order valence-electron chi connectivity index (χ1n) is 12.0. The normalized spacial score (nSPS) is 16.4. The molecule has 2 N–H and O–H groups in total. The summed E-state index contributed by atoms with van der Waals surface area (Å²) in [6.07, 6.45) is 1.19. The number of carbonyl (C=O) groups is 3. The van der Waals surface area contributed by atoms with Gasteiger partial charge in [0.2, 0.25) is 5.91 Å². The number of rotatable bonds is 11. The van der Waals surface area contributed by atoms with Crippen molar-refractivity contribution >= 4 is 17.8 Å². The van der Waals surface area contributed by atoms with Crippen LogP contribution in [-0.4, -0.2) is 66.8 Å². The largest absolute Gasteiger partial charge is 0.493 e. The molecule has 0 aliphatic carbocycles. The molecular weight excluding hydrogens is 464 g/mol. The van der Waals surface area contributed by atoms with Gasteiger partial charge in [0.15, 0.2) is 11.5 Å². The molecule has 36 heavy (non-hydrogen) atoms. The van der Waals surface area contributed by atoms with Gasteiger partial charge in [-0.15, -0.1) is 0 Å².